The van der Waals surface area contributed by atoms with E-state index in [4.69, 9.17) is 5.26 Å². The number of benzene rings is 1. The average Bonchev–Trinajstić information content (AvgIpc) is 2.75. The number of aliphatic hydroxyl groups excluding tert-OH is 1. The largest absolute Gasteiger partial charge is 0.391 e. The van der Waals surface area contributed by atoms with Gasteiger partial charge in [0.1, 0.15) is 5.69 Å². The summed E-state index contributed by atoms with van der Waals surface area (Å²) in [6, 6.07) is 6.25. The Morgan fingerprint density at radius 2 is 2.35 bits per heavy atom. The summed E-state index contributed by atoms with van der Waals surface area (Å²) in [5.41, 5.74) is 0.642. The molecule has 2 rings (SSSR count). The van der Waals surface area contributed by atoms with Crippen LogP contribution in [0.15, 0.2) is 18.2 Å². The first-order valence-electron chi connectivity index (χ1n) is 5.23. The molecule has 0 spiro atoms. The minimum atomic E-state index is -0.499. The fourth-order valence-electron chi connectivity index (χ4n) is 1.97. The second-order valence-electron chi connectivity index (χ2n) is 3.96. The molecule has 0 unspecified atom stereocenters. The number of aliphatic hydroxyl groups is 1. The smallest absolute Gasteiger partial charge is 0.293 e. The van der Waals surface area contributed by atoms with Gasteiger partial charge in [0.2, 0.25) is 0 Å². The second kappa shape index (κ2) is 4.39. The number of anilines is 1. The Kier molecular flexibility index (Phi) is 2.93. The lowest BCUT2D eigenvalue weighted by Gasteiger charge is -2.17. The Bertz CT molecular complexity index is 495. The van der Waals surface area contributed by atoms with Crippen LogP contribution in [-0.2, 0) is 0 Å². The van der Waals surface area contributed by atoms with Crippen molar-refractivity contribution < 1.29 is 10.0 Å². The van der Waals surface area contributed by atoms with E-state index in [1.54, 1.807) is 17.0 Å². The van der Waals surface area contributed by atoms with Gasteiger partial charge in [-0.3, -0.25) is 10.1 Å². The summed E-state index contributed by atoms with van der Waals surface area (Å²) >= 11 is 0. The van der Waals surface area contributed by atoms with Crippen molar-refractivity contribution in [2.24, 2.45) is 0 Å². The molecular formula is C11H11N3O3. The summed E-state index contributed by atoms with van der Waals surface area (Å²) in [5, 5.41) is 29.1. The van der Waals surface area contributed by atoms with Gasteiger partial charge in [-0.1, -0.05) is 0 Å². The molecule has 0 aromatic heterocycles. The van der Waals surface area contributed by atoms with Crippen LogP contribution in [0.1, 0.15) is 12.0 Å². The Morgan fingerprint density at radius 1 is 1.59 bits per heavy atom. The van der Waals surface area contributed by atoms with Crippen LogP contribution in [-0.4, -0.2) is 29.2 Å². The van der Waals surface area contributed by atoms with Crippen molar-refractivity contribution in [3.63, 3.8) is 0 Å². The lowest BCUT2D eigenvalue weighted by molar-refractivity contribution is -0.384. The van der Waals surface area contributed by atoms with Gasteiger partial charge in [-0.25, -0.2) is 0 Å². The molecule has 1 aromatic carbocycles. The van der Waals surface area contributed by atoms with Crippen molar-refractivity contribution in [3.8, 4) is 6.07 Å². The number of β-amino-alcohol motifs (C(OH)–C–C–N with tert-alkyl or cyclic N) is 1. The third-order valence-corrected chi connectivity index (χ3v) is 2.81. The minimum Gasteiger partial charge on any atom is -0.391 e. The summed E-state index contributed by atoms with van der Waals surface area (Å²) in [5.74, 6) is 0. The molecule has 17 heavy (non-hydrogen) atoms. The third-order valence-electron chi connectivity index (χ3n) is 2.81. The molecule has 1 atom stereocenters. The van der Waals surface area contributed by atoms with Crippen molar-refractivity contribution in [3.05, 3.63) is 33.9 Å². The van der Waals surface area contributed by atoms with Crippen LogP contribution < -0.4 is 4.90 Å². The van der Waals surface area contributed by atoms with Crippen molar-refractivity contribution in [1.82, 2.24) is 0 Å². The number of nitro groups is 1. The zero-order valence-corrected chi connectivity index (χ0v) is 9.04. The average molecular weight is 233 g/mol. The fourth-order valence-corrected chi connectivity index (χ4v) is 1.97. The number of hydrogen-bond acceptors (Lipinski definition) is 5. The monoisotopic (exact) mass is 233 g/mol. The summed E-state index contributed by atoms with van der Waals surface area (Å²) in [7, 11) is 0. The van der Waals surface area contributed by atoms with Gasteiger partial charge in [0, 0.05) is 19.2 Å². The van der Waals surface area contributed by atoms with E-state index in [1.807, 2.05) is 6.07 Å². The molecule has 1 N–H and O–H groups in total. The number of rotatable bonds is 2. The first-order valence-corrected chi connectivity index (χ1v) is 5.23. The van der Waals surface area contributed by atoms with Crippen LogP contribution in [0.25, 0.3) is 0 Å². The molecule has 88 valence electrons. The van der Waals surface area contributed by atoms with Crippen molar-refractivity contribution in [2.45, 2.75) is 12.5 Å². The van der Waals surface area contributed by atoms with Gasteiger partial charge < -0.3 is 10.0 Å². The van der Waals surface area contributed by atoms with E-state index in [0.29, 0.717) is 25.2 Å². The van der Waals surface area contributed by atoms with Crippen LogP contribution in [0, 0.1) is 21.4 Å². The summed E-state index contributed by atoms with van der Waals surface area (Å²) in [6.45, 7) is 0.987. The predicted molar refractivity (Wildman–Crippen MR) is 60.6 cm³/mol. The van der Waals surface area contributed by atoms with E-state index < -0.39 is 11.0 Å². The van der Waals surface area contributed by atoms with E-state index in [1.165, 1.54) is 6.07 Å². The van der Waals surface area contributed by atoms with Crippen LogP contribution in [0.5, 0.6) is 0 Å². The predicted octanol–water partition coefficient (Wildman–Crippen LogP) is 1.04. The molecule has 1 aliphatic rings. The molecule has 6 nitrogen and oxygen atoms in total. The normalized spacial score (nSPS) is 19.1. The maximum atomic E-state index is 10.9. The van der Waals surface area contributed by atoms with Gasteiger partial charge in [0.05, 0.1) is 22.7 Å². The molecule has 1 fully saturated rings. The molecule has 1 aliphatic heterocycles. The van der Waals surface area contributed by atoms with Crippen LogP contribution in [0.3, 0.4) is 0 Å². The molecule has 0 saturated carbocycles. The van der Waals surface area contributed by atoms with E-state index in [9.17, 15) is 15.2 Å². The summed E-state index contributed by atoms with van der Waals surface area (Å²) in [4.78, 5) is 12.2. The van der Waals surface area contributed by atoms with Gasteiger partial charge in [-0.05, 0) is 18.6 Å². The van der Waals surface area contributed by atoms with Gasteiger partial charge in [0.25, 0.3) is 5.69 Å². The number of nitrogens with zero attached hydrogens (tertiary/aromatic N) is 3. The Balaban J connectivity index is 2.40. The highest BCUT2D eigenvalue weighted by Crippen LogP contribution is 2.31. The van der Waals surface area contributed by atoms with Crippen LogP contribution >= 0.6 is 0 Å². The van der Waals surface area contributed by atoms with Crippen LogP contribution in [0.4, 0.5) is 11.4 Å². The number of nitriles is 1. The molecule has 0 radical (unpaired) electrons. The highest BCUT2D eigenvalue weighted by Gasteiger charge is 2.26. The number of nitro benzene ring substituents is 1. The van der Waals surface area contributed by atoms with E-state index >= 15 is 0 Å². The first-order chi connectivity index (χ1) is 8.11. The van der Waals surface area contributed by atoms with Crippen molar-refractivity contribution in [2.75, 3.05) is 18.0 Å². The third kappa shape index (κ3) is 2.19. The molecule has 1 saturated heterocycles. The Hall–Kier alpha value is -2.13. The molecule has 0 aliphatic carbocycles. The summed E-state index contributed by atoms with van der Waals surface area (Å²) < 4.78 is 0. The highest BCUT2D eigenvalue weighted by molar-refractivity contribution is 5.66. The highest BCUT2D eigenvalue weighted by atomic mass is 16.6. The maximum Gasteiger partial charge on any atom is 0.293 e. The SMILES string of the molecule is N#Cc1ccc(N2CC[C@@H](O)C2)c([N+](=O)[O-])c1. The molecule has 1 aromatic rings. The second-order valence-corrected chi connectivity index (χ2v) is 3.96. The lowest BCUT2D eigenvalue weighted by atomic mass is 10.2. The van der Waals surface area contributed by atoms with Crippen molar-refractivity contribution >= 4 is 11.4 Å². The lowest BCUT2D eigenvalue weighted by Crippen LogP contribution is -2.22. The first kappa shape index (κ1) is 11.4. The number of hydrogen-bond donors (Lipinski definition) is 1. The molecule has 0 bridgehead atoms. The van der Waals surface area contributed by atoms with E-state index in [2.05, 4.69) is 0 Å². The van der Waals surface area contributed by atoms with E-state index in [0.717, 1.165) is 0 Å². The standard InChI is InChI=1S/C11H11N3O3/c12-6-8-1-2-10(11(5-8)14(16)17)13-4-3-9(15)7-13/h1-2,5,9,15H,3-4,7H2/t9-/m1/s1. The van der Waals surface area contributed by atoms with Gasteiger partial charge in [-0.15, -0.1) is 0 Å². The Labute approximate surface area is 97.8 Å². The van der Waals surface area contributed by atoms with Gasteiger partial charge in [-0.2, -0.15) is 5.26 Å². The van der Waals surface area contributed by atoms with Gasteiger partial charge >= 0.3 is 0 Å². The fraction of sp³-hybridized carbons (Fsp3) is 0.364. The minimum absolute atomic E-state index is 0.0850. The summed E-state index contributed by atoms with van der Waals surface area (Å²) in [6.07, 6.45) is 0.169. The molecule has 1 heterocycles. The molecular weight excluding hydrogens is 222 g/mol. The maximum absolute atomic E-state index is 10.9. The van der Waals surface area contributed by atoms with Crippen molar-refractivity contribution in [1.29, 1.82) is 5.26 Å². The van der Waals surface area contributed by atoms with Crippen LogP contribution in [0.2, 0.25) is 0 Å². The molecule has 6 heteroatoms. The Morgan fingerprint density at radius 3 is 2.88 bits per heavy atom. The quantitative estimate of drug-likeness (QED) is 0.608. The van der Waals surface area contributed by atoms with E-state index in [-0.39, 0.29) is 11.3 Å². The van der Waals surface area contributed by atoms with Gasteiger partial charge in [0.15, 0.2) is 0 Å². The zero-order chi connectivity index (χ0) is 12.4. The zero-order valence-electron chi connectivity index (χ0n) is 9.04. The topological polar surface area (TPSA) is 90.4 Å². The molecule has 0 amide bonds.